The maximum atomic E-state index is 12.7. The van der Waals surface area contributed by atoms with Crippen molar-refractivity contribution in [3.05, 3.63) is 23.8 Å². The SMILES string of the molecule is CCOC1C(OC)CCC2CC(C(=O)NCc3ccc4c(c3)OCO4)C(=O)NC21. The predicted octanol–water partition coefficient (Wildman–Crippen LogP) is 1.37. The fourth-order valence-electron chi connectivity index (χ4n) is 4.61. The Labute approximate surface area is 170 Å². The highest BCUT2D eigenvalue weighted by Crippen LogP contribution is 2.36. The van der Waals surface area contributed by atoms with Crippen LogP contribution >= 0.6 is 0 Å². The predicted molar refractivity (Wildman–Crippen MR) is 103 cm³/mol. The van der Waals surface area contributed by atoms with E-state index in [0.29, 0.717) is 31.1 Å². The molecule has 29 heavy (non-hydrogen) atoms. The Morgan fingerprint density at radius 2 is 2.10 bits per heavy atom. The summed E-state index contributed by atoms with van der Waals surface area (Å²) in [7, 11) is 1.67. The zero-order valence-electron chi connectivity index (χ0n) is 16.8. The third kappa shape index (κ3) is 4.04. The molecule has 0 radical (unpaired) electrons. The summed E-state index contributed by atoms with van der Waals surface area (Å²) in [6.07, 6.45) is 2.09. The van der Waals surface area contributed by atoms with Crippen molar-refractivity contribution < 1.29 is 28.5 Å². The van der Waals surface area contributed by atoms with E-state index in [4.69, 9.17) is 18.9 Å². The van der Waals surface area contributed by atoms with E-state index in [-0.39, 0.29) is 42.8 Å². The first-order chi connectivity index (χ1) is 14.1. The van der Waals surface area contributed by atoms with Crippen LogP contribution < -0.4 is 20.1 Å². The lowest BCUT2D eigenvalue weighted by Gasteiger charge is -2.46. The van der Waals surface area contributed by atoms with Gasteiger partial charge in [-0.1, -0.05) is 6.07 Å². The van der Waals surface area contributed by atoms with Gasteiger partial charge in [0.2, 0.25) is 18.6 Å². The molecule has 2 N–H and O–H groups in total. The van der Waals surface area contributed by atoms with Gasteiger partial charge in [-0.3, -0.25) is 9.59 Å². The van der Waals surface area contributed by atoms with Gasteiger partial charge >= 0.3 is 0 Å². The van der Waals surface area contributed by atoms with Gasteiger partial charge in [-0.15, -0.1) is 0 Å². The second-order valence-electron chi connectivity index (χ2n) is 7.76. The molecule has 0 bridgehead atoms. The third-order valence-electron chi connectivity index (χ3n) is 6.10. The van der Waals surface area contributed by atoms with Crippen LogP contribution in [0.1, 0.15) is 31.7 Å². The molecule has 1 aromatic rings. The topological polar surface area (TPSA) is 95.1 Å². The minimum Gasteiger partial charge on any atom is -0.454 e. The van der Waals surface area contributed by atoms with Gasteiger partial charge in [-0.05, 0) is 49.8 Å². The summed E-state index contributed by atoms with van der Waals surface area (Å²) in [6, 6.07) is 5.44. The van der Waals surface area contributed by atoms with Gasteiger partial charge in [0.05, 0.1) is 12.1 Å². The Hall–Kier alpha value is -2.32. The van der Waals surface area contributed by atoms with Gasteiger partial charge in [-0.25, -0.2) is 0 Å². The van der Waals surface area contributed by atoms with Crippen LogP contribution in [-0.2, 0) is 25.6 Å². The first-order valence-corrected chi connectivity index (χ1v) is 10.2. The monoisotopic (exact) mass is 404 g/mol. The molecule has 2 aliphatic heterocycles. The second kappa shape index (κ2) is 8.59. The molecule has 8 heteroatoms. The van der Waals surface area contributed by atoms with E-state index < -0.39 is 5.92 Å². The molecule has 1 saturated carbocycles. The maximum Gasteiger partial charge on any atom is 0.232 e. The highest BCUT2D eigenvalue weighted by Gasteiger charge is 2.47. The number of carbonyl (C=O) groups is 2. The molecule has 0 spiro atoms. The fraction of sp³-hybridized carbons (Fsp3) is 0.619. The summed E-state index contributed by atoms with van der Waals surface area (Å²) in [6.45, 7) is 3.04. The number of fused-ring (bicyclic) bond motifs is 2. The van der Waals surface area contributed by atoms with Crippen LogP contribution in [0.5, 0.6) is 11.5 Å². The molecular formula is C21H28N2O6. The smallest absolute Gasteiger partial charge is 0.232 e. The number of carbonyl (C=O) groups excluding carboxylic acids is 2. The third-order valence-corrected chi connectivity index (χ3v) is 6.10. The fourth-order valence-corrected chi connectivity index (χ4v) is 4.61. The Balaban J connectivity index is 1.37. The van der Waals surface area contributed by atoms with Gasteiger partial charge in [0.15, 0.2) is 11.5 Å². The van der Waals surface area contributed by atoms with E-state index in [1.165, 1.54) is 0 Å². The van der Waals surface area contributed by atoms with E-state index in [1.807, 2.05) is 25.1 Å². The number of methoxy groups -OCH3 is 1. The number of amides is 2. The lowest BCUT2D eigenvalue weighted by molar-refractivity contribution is -0.149. The van der Waals surface area contributed by atoms with Crippen LogP contribution in [0.2, 0.25) is 0 Å². The van der Waals surface area contributed by atoms with Crippen molar-refractivity contribution in [3.63, 3.8) is 0 Å². The molecule has 1 aliphatic carbocycles. The van der Waals surface area contributed by atoms with Gasteiger partial charge in [-0.2, -0.15) is 0 Å². The summed E-state index contributed by atoms with van der Waals surface area (Å²) in [5.74, 6) is 0.403. The highest BCUT2D eigenvalue weighted by atomic mass is 16.7. The number of hydrogen-bond donors (Lipinski definition) is 2. The van der Waals surface area contributed by atoms with Gasteiger partial charge in [0.25, 0.3) is 0 Å². The molecule has 0 aromatic heterocycles. The zero-order valence-corrected chi connectivity index (χ0v) is 16.8. The van der Waals surface area contributed by atoms with Crippen molar-refractivity contribution >= 4 is 11.8 Å². The minimum absolute atomic E-state index is 0.0344. The number of ether oxygens (including phenoxy) is 4. The van der Waals surface area contributed by atoms with Gasteiger partial charge in [0.1, 0.15) is 12.0 Å². The van der Waals surface area contributed by atoms with Gasteiger partial charge in [0, 0.05) is 20.3 Å². The molecule has 3 aliphatic rings. The normalized spacial score (nSPS) is 30.4. The zero-order chi connectivity index (χ0) is 20.4. The Morgan fingerprint density at radius 1 is 1.28 bits per heavy atom. The van der Waals surface area contributed by atoms with Crippen molar-refractivity contribution in [2.45, 2.75) is 51.0 Å². The molecule has 2 amide bonds. The first-order valence-electron chi connectivity index (χ1n) is 10.2. The number of benzene rings is 1. The van der Waals surface area contributed by atoms with E-state index >= 15 is 0 Å². The molecule has 4 rings (SSSR count). The van der Waals surface area contributed by atoms with Crippen molar-refractivity contribution in [2.75, 3.05) is 20.5 Å². The quantitative estimate of drug-likeness (QED) is 0.696. The standard InChI is InChI=1S/C21H28N2O6/c1-3-27-19-16(26-2)7-5-13-9-14(21(25)23-18(13)19)20(24)22-10-12-4-6-15-17(8-12)29-11-28-15/h4,6,8,13-14,16,18-19H,3,5,7,9-11H2,1-2H3,(H,22,24)(H,23,25). The van der Waals surface area contributed by atoms with Crippen LogP contribution in [0.15, 0.2) is 18.2 Å². The minimum atomic E-state index is -0.688. The second-order valence-corrected chi connectivity index (χ2v) is 7.76. The lowest BCUT2D eigenvalue weighted by atomic mass is 9.73. The molecular weight excluding hydrogens is 376 g/mol. The van der Waals surface area contributed by atoms with Crippen molar-refractivity contribution in [2.24, 2.45) is 11.8 Å². The maximum absolute atomic E-state index is 12.7. The van der Waals surface area contributed by atoms with Crippen LogP contribution in [0.3, 0.4) is 0 Å². The molecule has 5 unspecified atom stereocenters. The van der Waals surface area contributed by atoms with E-state index in [9.17, 15) is 9.59 Å². The summed E-state index contributed by atoms with van der Waals surface area (Å²) in [4.78, 5) is 25.4. The largest absolute Gasteiger partial charge is 0.454 e. The Morgan fingerprint density at radius 3 is 2.90 bits per heavy atom. The molecule has 2 fully saturated rings. The van der Waals surface area contributed by atoms with E-state index in [0.717, 1.165) is 18.4 Å². The average molecular weight is 404 g/mol. The van der Waals surface area contributed by atoms with Gasteiger partial charge < -0.3 is 29.6 Å². The van der Waals surface area contributed by atoms with Crippen LogP contribution in [0, 0.1) is 11.8 Å². The summed E-state index contributed by atoms with van der Waals surface area (Å²) in [5, 5.41) is 5.93. The number of nitrogens with one attached hydrogen (secondary N) is 2. The number of piperidine rings is 1. The molecule has 158 valence electrons. The first kappa shape index (κ1) is 20.0. The Bertz CT molecular complexity index is 770. The van der Waals surface area contributed by atoms with Crippen LogP contribution in [0.4, 0.5) is 0 Å². The summed E-state index contributed by atoms with van der Waals surface area (Å²) in [5.41, 5.74) is 0.897. The van der Waals surface area contributed by atoms with E-state index in [2.05, 4.69) is 10.6 Å². The average Bonchev–Trinajstić information content (AvgIpc) is 3.20. The van der Waals surface area contributed by atoms with E-state index in [1.54, 1.807) is 7.11 Å². The lowest BCUT2D eigenvalue weighted by Crippen LogP contribution is -2.62. The van der Waals surface area contributed by atoms with Crippen LogP contribution in [0.25, 0.3) is 0 Å². The highest BCUT2D eigenvalue weighted by molar-refractivity contribution is 6.01. The van der Waals surface area contributed by atoms with Crippen molar-refractivity contribution in [3.8, 4) is 11.5 Å². The Kier molecular flexibility index (Phi) is 5.91. The number of hydrogen-bond acceptors (Lipinski definition) is 6. The van der Waals surface area contributed by atoms with Crippen molar-refractivity contribution in [1.29, 1.82) is 0 Å². The molecule has 8 nitrogen and oxygen atoms in total. The number of rotatable bonds is 6. The van der Waals surface area contributed by atoms with Crippen LogP contribution in [-0.4, -0.2) is 50.6 Å². The molecule has 2 heterocycles. The molecule has 1 saturated heterocycles. The summed E-state index contributed by atoms with van der Waals surface area (Å²) < 4.78 is 22.1. The van der Waals surface area contributed by atoms with Crippen molar-refractivity contribution in [1.82, 2.24) is 10.6 Å². The molecule has 1 aromatic carbocycles. The molecule has 5 atom stereocenters. The summed E-state index contributed by atoms with van der Waals surface area (Å²) >= 11 is 0.